The van der Waals surface area contributed by atoms with E-state index in [4.69, 9.17) is 5.73 Å². The van der Waals surface area contributed by atoms with Gasteiger partial charge >= 0.3 is 0 Å². The molecule has 0 bridgehead atoms. The summed E-state index contributed by atoms with van der Waals surface area (Å²) in [7, 11) is 0. The quantitative estimate of drug-likeness (QED) is 0.784. The van der Waals surface area contributed by atoms with Crippen LogP contribution in [0.3, 0.4) is 0 Å². The van der Waals surface area contributed by atoms with Crippen LogP contribution < -0.4 is 5.73 Å². The molecule has 0 amide bonds. The maximum absolute atomic E-state index is 13.5. The highest BCUT2D eigenvalue weighted by atomic mass is 19.1. The number of benzene rings is 1. The summed E-state index contributed by atoms with van der Waals surface area (Å²) >= 11 is 0. The summed E-state index contributed by atoms with van der Waals surface area (Å²) in [4.78, 5) is 9.00. The van der Waals surface area contributed by atoms with Gasteiger partial charge in [0.15, 0.2) is 5.82 Å². The molecule has 0 saturated heterocycles. The molecule has 0 saturated carbocycles. The zero-order chi connectivity index (χ0) is 14.8. The van der Waals surface area contributed by atoms with Crippen molar-refractivity contribution in [1.82, 2.24) is 19.1 Å². The molecule has 0 aliphatic carbocycles. The Morgan fingerprint density at radius 2 is 2.14 bits per heavy atom. The molecule has 3 rings (SSSR count). The molecule has 0 fully saturated rings. The van der Waals surface area contributed by atoms with Gasteiger partial charge in [0, 0.05) is 25.8 Å². The fraction of sp³-hybridized carbons (Fsp3) is 0.333. The largest absolute Gasteiger partial charge is 0.335 e. The molecule has 0 atom stereocenters. The Balaban J connectivity index is 2.13. The van der Waals surface area contributed by atoms with E-state index >= 15 is 0 Å². The molecule has 2 N–H and O–H groups in total. The standard InChI is InChI=1S/C15H18FN5/c1-2-6-21-14-8-11(16)3-4-12(14)19-15(21)13-9-20(7-5-17)10-18-13/h3-4,8-10H,2,5-7,17H2,1H3. The molecule has 0 aliphatic heterocycles. The van der Waals surface area contributed by atoms with Gasteiger partial charge in [0.1, 0.15) is 11.5 Å². The van der Waals surface area contributed by atoms with E-state index in [0.29, 0.717) is 6.54 Å². The van der Waals surface area contributed by atoms with Gasteiger partial charge in [0.05, 0.1) is 17.4 Å². The Labute approximate surface area is 122 Å². The van der Waals surface area contributed by atoms with Gasteiger partial charge in [0.25, 0.3) is 0 Å². The van der Waals surface area contributed by atoms with Gasteiger partial charge in [-0.1, -0.05) is 6.92 Å². The minimum absolute atomic E-state index is 0.250. The van der Waals surface area contributed by atoms with Crippen molar-refractivity contribution in [3.05, 3.63) is 36.5 Å². The molecule has 2 heterocycles. The molecule has 1 aromatic carbocycles. The van der Waals surface area contributed by atoms with Crippen molar-refractivity contribution >= 4 is 11.0 Å². The van der Waals surface area contributed by atoms with Crippen molar-refractivity contribution in [3.8, 4) is 11.5 Å². The lowest BCUT2D eigenvalue weighted by Crippen LogP contribution is -2.07. The van der Waals surface area contributed by atoms with E-state index in [1.165, 1.54) is 12.1 Å². The first-order chi connectivity index (χ1) is 10.2. The zero-order valence-electron chi connectivity index (χ0n) is 12.0. The van der Waals surface area contributed by atoms with E-state index in [1.54, 1.807) is 12.4 Å². The average Bonchev–Trinajstić information content (AvgIpc) is 3.05. The zero-order valence-corrected chi connectivity index (χ0v) is 12.0. The van der Waals surface area contributed by atoms with Crippen molar-refractivity contribution < 1.29 is 4.39 Å². The summed E-state index contributed by atoms with van der Waals surface area (Å²) in [6, 6.07) is 4.66. The number of hydrogen-bond acceptors (Lipinski definition) is 3. The number of imidazole rings is 2. The minimum Gasteiger partial charge on any atom is -0.335 e. The summed E-state index contributed by atoms with van der Waals surface area (Å²) in [5, 5.41) is 0. The van der Waals surface area contributed by atoms with Crippen LogP contribution in [0, 0.1) is 5.82 Å². The van der Waals surface area contributed by atoms with Crippen LogP contribution in [0.4, 0.5) is 4.39 Å². The minimum atomic E-state index is -0.250. The van der Waals surface area contributed by atoms with E-state index in [9.17, 15) is 4.39 Å². The third kappa shape index (κ3) is 2.54. The monoisotopic (exact) mass is 287 g/mol. The fourth-order valence-electron chi connectivity index (χ4n) is 2.49. The maximum Gasteiger partial charge on any atom is 0.161 e. The summed E-state index contributed by atoms with van der Waals surface area (Å²) < 4.78 is 17.5. The molecule has 21 heavy (non-hydrogen) atoms. The predicted octanol–water partition coefficient (Wildman–Crippen LogP) is 2.41. The number of rotatable bonds is 5. The molecule has 0 spiro atoms. The molecule has 2 aromatic heterocycles. The second-order valence-electron chi connectivity index (χ2n) is 5.01. The normalized spacial score (nSPS) is 11.4. The Hall–Kier alpha value is -2.21. The predicted molar refractivity (Wildman–Crippen MR) is 80.3 cm³/mol. The lowest BCUT2D eigenvalue weighted by Gasteiger charge is -2.05. The highest BCUT2D eigenvalue weighted by Crippen LogP contribution is 2.24. The number of nitrogens with two attached hydrogens (primary N) is 1. The second-order valence-corrected chi connectivity index (χ2v) is 5.01. The van der Waals surface area contributed by atoms with Gasteiger partial charge in [-0.05, 0) is 24.6 Å². The Morgan fingerprint density at radius 3 is 2.90 bits per heavy atom. The van der Waals surface area contributed by atoms with Gasteiger partial charge in [-0.25, -0.2) is 14.4 Å². The van der Waals surface area contributed by atoms with Gasteiger partial charge in [-0.3, -0.25) is 0 Å². The van der Waals surface area contributed by atoms with E-state index in [-0.39, 0.29) is 5.82 Å². The third-order valence-corrected chi connectivity index (χ3v) is 3.41. The topological polar surface area (TPSA) is 61.7 Å². The molecular weight excluding hydrogens is 269 g/mol. The van der Waals surface area contributed by atoms with Crippen LogP contribution in [0.15, 0.2) is 30.7 Å². The Morgan fingerprint density at radius 1 is 1.29 bits per heavy atom. The van der Waals surface area contributed by atoms with E-state index in [0.717, 1.165) is 42.1 Å². The first kappa shape index (κ1) is 13.8. The van der Waals surface area contributed by atoms with Gasteiger partial charge in [-0.2, -0.15) is 0 Å². The van der Waals surface area contributed by atoms with Crippen LogP contribution >= 0.6 is 0 Å². The Kier molecular flexibility index (Phi) is 3.70. The number of aryl methyl sites for hydroxylation is 1. The smallest absolute Gasteiger partial charge is 0.161 e. The number of hydrogen-bond donors (Lipinski definition) is 1. The van der Waals surface area contributed by atoms with Crippen LogP contribution in [0.25, 0.3) is 22.6 Å². The van der Waals surface area contributed by atoms with Crippen LogP contribution in [0.5, 0.6) is 0 Å². The molecule has 0 unspecified atom stereocenters. The number of fused-ring (bicyclic) bond motifs is 1. The van der Waals surface area contributed by atoms with Crippen LogP contribution in [-0.4, -0.2) is 25.6 Å². The lowest BCUT2D eigenvalue weighted by atomic mass is 10.3. The number of nitrogens with zero attached hydrogens (tertiary/aromatic N) is 4. The van der Waals surface area contributed by atoms with Gasteiger partial charge in [0.2, 0.25) is 0 Å². The average molecular weight is 287 g/mol. The summed E-state index contributed by atoms with van der Waals surface area (Å²) in [6.45, 7) is 4.14. The molecule has 5 nitrogen and oxygen atoms in total. The summed E-state index contributed by atoms with van der Waals surface area (Å²) in [5.41, 5.74) is 7.93. The van der Waals surface area contributed by atoms with E-state index in [2.05, 4.69) is 16.9 Å². The molecule has 0 radical (unpaired) electrons. The van der Waals surface area contributed by atoms with E-state index < -0.39 is 0 Å². The third-order valence-electron chi connectivity index (χ3n) is 3.41. The maximum atomic E-state index is 13.5. The van der Waals surface area contributed by atoms with Gasteiger partial charge < -0.3 is 14.9 Å². The first-order valence-electron chi connectivity index (χ1n) is 7.11. The van der Waals surface area contributed by atoms with Crippen molar-refractivity contribution in [2.75, 3.05) is 6.54 Å². The summed E-state index contributed by atoms with van der Waals surface area (Å²) in [6.07, 6.45) is 4.62. The highest BCUT2D eigenvalue weighted by Gasteiger charge is 2.14. The van der Waals surface area contributed by atoms with Crippen LogP contribution in [-0.2, 0) is 13.1 Å². The lowest BCUT2D eigenvalue weighted by molar-refractivity contribution is 0.627. The van der Waals surface area contributed by atoms with Crippen molar-refractivity contribution in [1.29, 1.82) is 0 Å². The van der Waals surface area contributed by atoms with Crippen molar-refractivity contribution in [2.24, 2.45) is 5.73 Å². The Bertz CT molecular complexity index is 759. The fourth-order valence-corrected chi connectivity index (χ4v) is 2.49. The molecule has 110 valence electrons. The molecule has 0 aliphatic rings. The molecule has 3 aromatic rings. The van der Waals surface area contributed by atoms with E-state index in [1.807, 2.05) is 15.3 Å². The van der Waals surface area contributed by atoms with Crippen LogP contribution in [0.2, 0.25) is 0 Å². The number of halogens is 1. The van der Waals surface area contributed by atoms with Gasteiger partial charge in [-0.15, -0.1) is 0 Å². The van der Waals surface area contributed by atoms with Crippen molar-refractivity contribution in [2.45, 2.75) is 26.4 Å². The highest BCUT2D eigenvalue weighted by molar-refractivity contribution is 5.80. The summed E-state index contributed by atoms with van der Waals surface area (Å²) in [5.74, 6) is 0.521. The molecular formula is C15H18FN5. The number of aromatic nitrogens is 4. The SMILES string of the molecule is CCCn1c(-c2cn(CCN)cn2)nc2ccc(F)cc21. The van der Waals surface area contributed by atoms with Crippen LogP contribution in [0.1, 0.15) is 13.3 Å². The second kappa shape index (κ2) is 5.65. The van der Waals surface area contributed by atoms with Crippen molar-refractivity contribution in [3.63, 3.8) is 0 Å². The first-order valence-corrected chi connectivity index (χ1v) is 7.11. The molecule has 6 heteroatoms.